The highest BCUT2D eigenvalue weighted by Gasteiger charge is 2.36. The number of nitriles is 2. The average Bonchev–Trinajstić information content (AvgIpc) is 2.85. The summed E-state index contributed by atoms with van der Waals surface area (Å²) in [6.07, 6.45) is 1.43. The molecule has 0 saturated heterocycles. The average molecular weight is 445 g/mol. The van der Waals surface area contributed by atoms with Crippen LogP contribution in [-0.2, 0) is 0 Å². The predicted molar refractivity (Wildman–Crippen MR) is 141 cm³/mol. The standard InChI is InChI=1S/C32H32N2/c1-31(2,21-33)19-29(27-17-9-13-23-11-5-7-15-25(23)27)30(20-32(3,4)22-34)28-18-10-14-24-12-6-8-16-26(24)28/h5-18,29-30H,19-20H2,1-4H3. The molecule has 0 amide bonds. The van der Waals surface area contributed by atoms with E-state index < -0.39 is 10.8 Å². The minimum Gasteiger partial charge on any atom is -0.198 e. The van der Waals surface area contributed by atoms with Gasteiger partial charge in [-0.25, -0.2) is 0 Å². The van der Waals surface area contributed by atoms with Crippen molar-refractivity contribution in [2.24, 2.45) is 10.8 Å². The summed E-state index contributed by atoms with van der Waals surface area (Å²) in [4.78, 5) is 0. The SMILES string of the molecule is CC(C)(C#N)CC(c1cccc2ccccc12)C(CC(C)(C)C#N)c1cccc2ccccc12. The van der Waals surface area contributed by atoms with E-state index in [2.05, 4.69) is 97.1 Å². The molecule has 2 nitrogen and oxygen atoms in total. The van der Waals surface area contributed by atoms with Crippen molar-refractivity contribution >= 4 is 21.5 Å². The Morgan fingerprint density at radius 3 is 1.29 bits per heavy atom. The first-order valence-electron chi connectivity index (χ1n) is 12.0. The van der Waals surface area contributed by atoms with Crippen molar-refractivity contribution < 1.29 is 0 Å². The number of nitrogens with zero attached hydrogens (tertiary/aromatic N) is 2. The van der Waals surface area contributed by atoms with Crippen LogP contribution < -0.4 is 0 Å². The van der Waals surface area contributed by atoms with Crippen LogP contribution in [0.15, 0.2) is 84.9 Å². The molecule has 0 heterocycles. The van der Waals surface area contributed by atoms with Gasteiger partial charge in [-0.15, -0.1) is 0 Å². The predicted octanol–water partition coefficient (Wildman–Crippen LogP) is 8.74. The van der Waals surface area contributed by atoms with Gasteiger partial charge in [0.25, 0.3) is 0 Å². The van der Waals surface area contributed by atoms with E-state index in [4.69, 9.17) is 0 Å². The lowest BCUT2D eigenvalue weighted by atomic mass is 9.66. The Hall–Kier alpha value is -3.62. The highest BCUT2D eigenvalue weighted by molar-refractivity contribution is 5.88. The van der Waals surface area contributed by atoms with Gasteiger partial charge in [0.2, 0.25) is 0 Å². The van der Waals surface area contributed by atoms with Crippen LogP contribution in [0.1, 0.15) is 63.5 Å². The van der Waals surface area contributed by atoms with E-state index in [9.17, 15) is 10.5 Å². The lowest BCUT2D eigenvalue weighted by Crippen LogP contribution is -2.24. The monoisotopic (exact) mass is 444 g/mol. The van der Waals surface area contributed by atoms with E-state index in [0.29, 0.717) is 12.8 Å². The molecule has 4 aromatic carbocycles. The summed E-state index contributed by atoms with van der Waals surface area (Å²) in [5.41, 5.74) is 1.52. The molecule has 2 heteroatoms. The molecule has 0 bridgehead atoms. The Morgan fingerprint density at radius 2 is 0.912 bits per heavy atom. The molecule has 4 aromatic rings. The van der Waals surface area contributed by atoms with Gasteiger partial charge >= 0.3 is 0 Å². The lowest BCUT2D eigenvalue weighted by Gasteiger charge is -2.36. The maximum Gasteiger partial charge on any atom is 0.0684 e. The Morgan fingerprint density at radius 1 is 0.559 bits per heavy atom. The highest BCUT2D eigenvalue weighted by Crippen LogP contribution is 2.49. The van der Waals surface area contributed by atoms with Gasteiger partial charge in [-0.3, -0.25) is 0 Å². The third-order valence-corrected chi connectivity index (χ3v) is 7.00. The molecule has 170 valence electrons. The zero-order valence-electron chi connectivity index (χ0n) is 20.5. The van der Waals surface area contributed by atoms with E-state index in [-0.39, 0.29) is 11.8 Å². The normalized spacial score (nSPS) is 13.8. The second-order valence-corrected chi connectivity index (χ2v) is 10.7. The number of benzene rings is 4. The van der Waals surface area contributed by atoms with Crippen LogP contribution >= 0.6 is 0 Å². The fourth-order valence-corrected chi connectivity index (χ4v) is 5.28. The van der Waals surface area contributed by atoms with Crippen LogP contribution in [-0.4, -0.2) is 0 Å². The van der Waals surface area contributed by atoms with Crippen LogP contribution in [0.3, 0.4) is 0 Å². The van der Waals surface area contributed by atoms with Crippen molar-refractivity contribution in [2.45, 2.75) is 52.4 Å². The van der Waals surface area contributed by atoms with Gasteiger partial charge in [-0.05, 0) is 85.0 Å². The summed E-state index contributed by atoms with van der Waals surface area (Å²) in [7, 11) is 0. The largest absolute Gasteiger partial charge is 0.198 e. The van der Waals surface area contributed by atoms with Gasteiger partial charge in [-0.1, -0.05) is 84.9 Å². The van der Waals surface area contributed by atoms with E-state index in [0.717, 1.165) is 0 Å². The van der Waals surface area contributed by atoms with Gasteiger partial charge < -0.3 is 0 Å². The molecule has 0 aliphatic carbocycles. The molecule has 4 rings (SSSR count). The van der Waals surface area contributed by atoms with Gasteiger partial charge in [-0.2, -0.15) is 10.5 Å². The van der Waals surface area contributed by atoms with E-state index in [1.165, 1.54) is 32.7 Å². The zero-order chi connectivity index (χ0) is 24.3. The van der Waals surface area contributed by atoms with Crippen LogP contribution in [0.5, 0.6) is 0 Å². The van der Waals surface area contributed by atoms with Gasteiger partial charge in [0.1, 0.15) is 0 Å². The van der Waals surface area contributed by atoms with Gasteiger partial charge in [0, 0.05) is 0 Å². The molecule has 0 saturated carbocycles. The molecule has 0 fully saturated rings. The van der Waals surface area contributed by atoms with E-state index in [1.54, 1.807) is 0 Å². The molecular weight excluding hydrogens is 412 g/mol. The third-order valence-electron chi connectivity index (χ3n) is 7.00. The molecule has 34 heavy (non-hydrogen) atoms. The Kier molecular flexibility index (Phi) is 6.45. The van der Waals surface area contributed by atoms with Crippen molar-refractivity contribution in [3.63, 3.8) is 0 Å². The van der Waals surface area contributed by atoms with Crippen LogP contribution in [0.2, 0.25) is 0 Å². The maximum absolute atomic E-state index is 10.0. The second kappa shape index (κ2) is 9.32. The summed E-state index contributed by atoms with van der Waals surface area (Å²) >= 11 is 0. The topological polar surface area (TPSA) is 47.6 Å². The molecule has 0 aliphatic heterocycles. The first-order chi connectivity index (χ1) is 16.2. The van der Waals surface area contributed by atoms with Gasteiger partial charge in [0.05, 0.1) is 23.0 Å². The highest BCUT2D eigenvalue weighted by atomic mass is 14.4. The van der Waals surface area contributed by atoms with Crippen molar-refractivity contribution in [3.8, 4) is 12.1 Å². The zero-order valence-corrected chi connectivity index (χ0v) is 20.5. The number of hydrogen-bond donors (Lipinski definition) is 0. The molecule has 0 aliphatic rings. The smallest absolute Gasteiger partial charge is 0.0684 e. The lowest BCUT2D eigenvalue weighted by molar-refractivity contribution is 0.311. The molecule has 0 spiro atoms. The summed E-state index contributed by atoms with van der Waals surface area (Å²) in [5, 5.41) is 24.9. The van der Waals surface area contributed by atoms with Gasteiger partial charge in [0.15, 0.2) is 0 Å². The quantitative estimate of drug-likeness (QED) is 0.286. The van der Waals surface area contributed by atoms with Crippen LogP contribution in [0.25, 0.3) is 21.5 Å². The van der Waals surface area contributed by atoms with E-state index >= 15 is 0 Å². The number of hydrogen-bond acceptors (Lipinski definition) is 2. The van der Waals surface area contributed by atoms with Crippen LogP contribution in [0, 0.1) is 33.5 Å². The third kappa shape index (κ3) is 4.83. The summed E-state index contributed by atoms with van der Waals surface area (Å²) in [5.74, 6) is 0.165. The molecule has 0 radical (unpaired) electrons. The fraction of sp³-hybridized carbons (Fsp3) is 0.312. The summed E-state index contributed by atoms with van der Waals surface area (Å²) in [6.45, 7) is 8.11. The first-order valence-corrected chi connectivity index (χ1v) is 12.0. The maximum atomic E-state index is 10.0. The Bertz CT molecular complexity index is 1280. The first kappa shape index (κ1) is 23.5. The van der Waals surface area contributed by atoms with Crippen molar-refractivity contribution in [1.82, 2.24) is 0 Å². The van der Waals surface area contributed by atoms with E-state index in [1.807, 2.05) is 27.7 Å². The molecular formula is C32H32N2. The Labute approximate surface area is 203 Å². The number of fused-ring (bicyclic) bond motifs is 2. The number of rotatable bonds is 7. The Balaban J connectivity index is 2.00. The molecule has 2 unspecified atom stereocenters. The van der Waals surface area contributed by atoms with Crippen molar-refractivity contribution in [1.29, 1.82) is 10.5 Å². The molecule has 0 aromatic heterocycles. The minimum atomic E-state index is -0.499. The molecule has 2 atom stereocenters. The summed E-state index contributed by atoms with van der Waals surface area (Å²) < 4.78 is 0. The minimum absolute atomic E-state index is 0.0826. The second-order valence-electron chi connectivity index (χ2n) is 10.7. The van der Waals surface area contributed by atoms with Crippen LogP contribution in [0.4, 0.5) is 0 Å². The summed E-state index contributed by atoms with van der Waals surface area (Å²) in [6, 6.07) is 35.1. The molecule has 0 N–H and O–H groups in total. The van der Waals surface area contributed by atoms with Crippen molar-refractivity contribution in [3.05, 3.63) is 96.1 Å². The van der Waals surface area contributed by atoms with Crippen molar-refractivity contribution in [2.75, 3.05) is 0 Å². The fourth-order valence-electron chi connectivity index (χ4n) is 5.28.